The summed E-state index contributed by atoms with van der Waals surface area (Å²) in [6.45, 7) is 0.559. The highest BCUT2D eigenvalue weighted by molar-refractivity contribution is 5.57. The molecule has 1 aliphatic heterocycles. The molecule has 0 saturated carbocycles. The molecule has 0 unspecified atom stereocenters. The monoisotopic (exact) mass is 381 g/mol. The molecule has 5 rings (SSSR count). The summed E-state index contributed by atoms with van der Waals surface area (Å²) >= 11 is 0. The van der Waals surface area contributed by atoms with Crippen molar-refractivity contribution in [2.24, 2.45) is 0 Å². The molecule has 0 amide bonds. The van der Waals surface area contributed by atoms with E-state index in [4.69, 9.17) is 10.1 Å². The number of aromatic hydroxyl groups is 1. The number of hydrogen-bond acceptors (Lipinski definition) is 4. The number of aromatic nitrogens is 2. The standard InChI is InChI=1S/C24H19N3O2/c25-23-22-21(17-9-5-2-6-10-17)19-12-11-18(28)13-20(19)29-24(22)26-15-27(23)14-16-7-3-1-4-8-16/h1-13,15,21,25,28H,14H2/t21-/m1/s1. The maximum atomic E-state index is 9.91. The third-order valence-electron chi connectivity index (χ3n) is 5.22. The van der Waals surface area contributed by atoms with Gasteiger partial charge in [-0.05, 0) is 17.2 Å². The second-order valence-corrected chi connectivity index (χ2v) is 7.09. The molecular formula is C24H19N3O2. The van der Waals surface area contributed by atoms with Crippen LogP contribution in [-0.4, -0.2) is 14.7 Å². The first-order valence-corrected chi connectivity index (χ1v) is 9.44. The van der Waals surface area contributed by atoms with Gasteiger partial charge >= 0.3 is 0 Å². The lowest BCUT2D eigenvalue weighted by atomic mass is 9.84. The highest BCUT2D eigenvalue weighted by atomic mass is 16.5. The summed E-state index contributed by atoms with van der Waals surface area (Å²) in [5.74, 6) is 0.921. The average molecular weight is 381 g/mol. The molecule has 2 heterocycles. The summed E-state index contributed by atoms with van der Waals surface area (Å²) < 4.78 is 7.82. The van der Waals surface area contributed by atoms with Gasteiger partial charge in [-0.15, -0.1) is 0 Å². The third kappa shape index (κ3) is 3.06. The van der Waals surface area contributed by atoms with Gasteiger partial charge in [0.25, 0.3) is 0 Å². The fourth-order valence-corrected chi connectivity index (χ4v) is 3.85. The fourth-order valence-electron chi connectivity index (χ4n) is 3.85. The van der Waals surface area contributed by atoms with Crippen LogP contribution in [0.5, 0.6) is 17.4 Å². The van der Waals surface area contributed by atoms with Crippen LogP contribution >= 0.6 is 0 Å². The molecular weight excluding hydrogens is 362 g/mol. The lowest BCUT2D eigenvalue weighted by Crippen LogP contribution is -2.30. The molecule has 1 aromatic heterocycles. The Morgan fingerprint density at radius 1 is 0.966 bits per heavy atom. The minimum absolute atomic E-state index is 0.139. The van der Waals surface area contributed by atoms with Crippen molar-refractivity contribution in [2.75, 3.05) is 0 Å². The van der Waals surface area contributed by atoms with E-state index < -0.39 is 0 Å². The van der Waals surface area contributed by atoms with Gasteiger partial charge in [0.15, 0.2) is 0 Å². The van der Waals surface area contributed by atoms with E-state index in [0.717, 1.165) is 22.3 Å². The first kappa shape index (κ1) is 17.3. The molecule has 0 spiro atoms. The highest BCUT2D eigenvalue weighted by Gasteiger charge is 2.32. The molecule has 29 heavy (non-hydrogen) atoms. The minimum atomic E-state index is -0.196. The number of nitrogens with zero attached hydrogens (tertiary/aromatic N) is 2. The Labute approximate surface area is 168 Å². The van der Waals surface area contributed by atoms with Crippen LogP contribution in [0.15, 0.2) is 85.2 Å². The number of ether oxygens (including phenoxy) is 1. The minimum Gasteiger partial charge on any atom is -0.508 e. The molecule has 0 fully saturated rings. The van der Waals surface area contributed by atoms with Crippen molar-refractivity contribution in [1.29, 1.82) is 5.41 Å². The quantitative estimate of drug-likeness (QED) is 0.486. The molecule has 5 nitrogen and oxygen atoms in total. The number of rotatable bonds is 3. The number of fused-ring (bicyclic) bond motifs is 2. The smallest absolute Gasteiger partial charge is 0.228 e. The Morgan fingerprint density at radius 2 is 1.69 bits per heavy atom. The van der Waals surface area contributed by atoms with E-state index in [1.54, 1.807) is 18.5 Å². The van der Waals surface area contributed by atoms with E-state index in [-0.39, 0.29) is 11.7 Å². The third-order valence-corrected chi connectivity index (χ3v) is 5.22. The Bertz CT molecular complexity index is 1230. The van der Waals surface area contributed by atoms with Crippen LogP contribution in [0.2, 0.25) is 0 Å². The summed E-state index contributed by atoms with van der Waals surface area (Å²) in [6, 6.07) is 25.2. The average Bonchev–Trinajstić information content (AvgIpc) is 2.75. The van der Waals surface area contributed by atoms with Gasteiger partial charge in [-0.25, -0.2) is 4.98 Å². The van der Waals surface area contributed by atoms with Crippen molar-refractivity contribution in [3.8, 4) is 17.4 Å². The zero-order valence-electron chi connectivity index (χ0n) is 15.6. The largest absolute Gasteiger partial charge is 0.508 e. The van der Waals surface area contributed by atoms with E-state index in [9.17, 15) is 5.11 Å². The van der Waals surface area contributed by atoms with Gasteiger partial charge in [-0.1, -0.05) is 66.7 Å². The van der Waals surface area contributed by atoms with E-state index in [1.807, 2.05) is 71.3 Å². The van der Waals surface area contributed by atoms with E-state index in [2.05, 4.69) is 4.98 Å². The molecule has 1 atom stereocenters. The first-order chi connectivity index (χ1) is 14.2. The van der Waals surface area contributed by atoms with Crippen molar-refractivity contribution < 1.29 is 9.84 Å². The van der Waals surface area contributed by atoms with Crippen molar-refractivity contribution in [3.63, 3.8) is 0 Å². The Balaban J connectivity index is 1.69. The van der Waals surface area contributed by atoms with Crippen LogP contribution in [0.1, 0.15) is 28.2 Å². The molecule has 3 aromatic carbocycles. The molecule has 0 aliphatic carbocycles. The first-order valence-electron chi connectivity index (χ1n) is 9.44. The van der Waals surface area contributed by atoms with E-state index in [1.165, 1.54) is 0 Å². The summed E-state index contributed by atoms with van der Waals surface area (Å²) in [7, 11) is 0. The fraction of sp³-hybridized carbons (Fsp3) is 0.0833. The SMILES string of the molecule is N=c1c2c(ncn1Cc1ccccc1)Oc1cc(O)ccc1[C@H]2c1ccccc1. The van der Waals surface area contributed by atoms with Crippen molar-refractivity contribution in [1.82, 2.24) is 9.55 Å². The Hall–Kier alpha value is -3.86. The molecule has 0 bridgehead atoms. The van der Waals surface area contributed by atoms with Gasteiger partial charge in [0, 0.05) is 17.5 Å². The van der Waals surface area contributed by atoms with Crippen LogP contribution in [-0.2, 0) is 6.54 Å². The Kier molecular flexibility index (Phi) is 4.13. The molecule has 142 valence electrons. The van der Waals surface area contributed by atoms with Gasteiger partial charge < -0.3 is 14.4 Å². The maximum absolute atomic E-state index is 9.91. The van der Waals surface area contributed by atoms with Crippen LogP contribution in [0, 0.1) is 5.41 Å². The molecule has 0 saturated heterocycles. The maximum Gasteiger partial charge on any atom is 0.228 e. The number of hydrogen-bond donors (Lipinski definition) is 2. The van der Waals surface area contributed by atoms with Crippen LogP contribution in [0.4, 0.5) is 0 Å². The lowest BCUT2D eigenvalue weighted by molar-refractivity contribution is 0.415. The van der Waals surface area contributed by atoms with E-state index >= 15 is 0 Å². The van der Waals surface area contributed by atoms with Gasteiger partial charge in [-0.2, -0.15) is 0 Å². The van der Waals surface area contributed by atoms with Crippen LogP contribution in [0.3, 0.4) is 0 Å². The molecule has 5 heteroatoms. The summed E-state index contributed by atoms with van der Waals surface area (Å²) in [4.78, 5) is 4.52. The van der Waals surface area contributed by atoms with Crippen LogP contribution < -0.4 is 10.2 Å². The Morgan fingerprint density at radius 3 is 2.45 bits per heavy atom. The van der Waals surface area contributed by atoms with Gasteiger partial charge in [-0.3, -0.25) is 5.41 Å². The molecule has 2 N–H and O–H groups in total. The zero-order chi connectivity index (χ0) is 19.8. The van der Waals surface area contributed by atoms with Gasteiger partial charge in [0.05, 0.1) is 12.1 Å². The zero-order valence-corrected chi connectivity index (χ0v) is 15.6. The predicted octanol–water partition coefficient (Wildman–Crippen LogP) is 4.40. The topological polar surface area (TPSA) is 71.1 Å². The number of phenols is 1. The van der Waals surface area contributed by atoms with Gasteiger partial charge in [0.1, 0.15) is 23.3 Å². The van der Waals surface area contributed by atoms with Gasteiger partial charge in [0.2, 0.25) is 5.88 Å². The molecule has 1 aliphatic rings. The molecule has 4 aromatic rings. The van der Waals surface area contributed by atoms with E-state index in [0.29, 0.717) is 23.7 Å². The normalized spacial score (nSPS) is 14.6. The summed E-state index contributed by atoms with van der Waals surface area (Å²) in [6.07, 6.45) is 1.64. The molecule has 0 radical (unpaired) electrons. The predicted molar refractivity (Wildman–Crippen MR) is 109 cm³/mol. The lowest BCUT2D eigenvalue weighted by Gasteiger charge is -2.28. The van der Waals surface area contributed by atoms with Crippen LogP contribution in [0.25, 0.3) is 0 Å². The number of benzene rings is 3. The second-order valence-electron chi connectivity index (χ2n) is 7.09. The second kappa shape index (κ2) is 6.95. The van der Waals surface area contributed by atoms with Crippen molar-refractivity contribution in [3.05, 3.63) is 113 Å². The van der Waals surface area contributed by atoms with Crippen molar-refractivity contribution >= 4 is 0 Å². The summed E-state index contributed by atoms with van der Waals surface area (Å²) in [5.41, 5.74) is 4.16. The summed E-state index contributed by atoms with van der Waals surface area (Å²) in [5, 5.41) is 18.8. The van der Waals surface area contributed by atoms with Crippen molar-refractivity contribution in [2.45, 2.75) is 12.5 Å². The number of nitrogens with one attached hydrogen (secondary N) is 1. The number of phenolic OH excluding ortho intramolecular Hbond substituents is 1. The highest BCUT2D eigenvalue weighted by Crippen LogP contribution is 2.45.